The lowest BCUT2D eigenvalue weighted by molar-refractivity contribution is -0.117. The molecule has 0 bridgehead atoms. The normalized spacial score (nSPS) is 14.4. The van der Waals surface area contributed by atoms with E-state index in [1.165, 1.54) is 11.3 Å². The average molecular weight is 409 g/mol. The summed E-state index contributed by atoms with van der Waals surface area (Å²) in [6.45, 7) is 11.3. The molecular weight excluding hydrogens is 376 g/mol. The van der Waals surface area contributed by atoms with Crippen molar-refractivity contribution in [3.05, 3.63) is 59.7 Å². The molecule has 1 fully saturated rings. The largest absolute Gasteiger partial charge is 0.369 e. The molecule has 0 aliphatic carbocycles. The molecule has 0 aromatic heterocycles. The van der Waals surface area contributed by atoms with Crippen LogP contribution in [0.25, 0.3) is 0 Å². The second-order valence-corrected chi connectivity index (χ2v) is 7.66. The highest BCUT2D eigenvalue weighted by Gasteiger charge is 2.20. The Morgan fingerprint density at radius 3 is 2.33 bits per heavy atom. The molecule has 6 nitrogen and oxygen atoms in total. The van der Waals surface area contributed by atoms with Crippen LogP contribution in [0.5, 0.6) is 0 Å². The number of hydrogen-bond donors (Lipinski definition) is 1. The van der Waals surface area contributed by atoms with Crippen LogP contribution in [0.2, 0.25) is 0 Å². The smallest absolute Gasteiger partial charge is 0.253 e. The first-order valence-electron chi connectivity index (χ1n) is 10.7. The molecule has 0 saturated carbocycles. The summed E-state index contributed by atoms with van der Waals surface area (Å²) >= 11 is 0. The zero-order chi connectivity index (χ0) is 21.5. The van der Waals surface area contributed by atoms with Crippen LogP contribution in [0.1, 0.15) is 29.8 Å². The minimum absolute atomic E-state index is 0.0107. The van der Waals surface area contributed by atoms with Gasteiger partial charge in [-0.1, -0.05) is 24.3 Å². The molecule has 2 amide bonds. The van der Waals surface area contributed by atoms with E-state index in [4.69, 9.17) is 0 Å². The summed E-state index contributed by atoms with van der Waals surface area (Å²) in [5.74, 6) is -0.0600. The third kappa shape index (κ3) is 5.39. The van der Waals surface area contributed by atoms with E-state index in [0.717, 1.165) is 26.2 Å². The molecule has 0 unspecified atom stereocenters. The Morgan fingerprint density at radius 2 is 1.67 bits per heavy atom. The van der Waals surface area contributed by atoms with E-state index in [1.54, 1.807) is 17.0 Å². The van der Waals surface area contributed by atoms with Crippen LogP contribution in [0.4, 0.5) is 11.4 Å². The number of piperazine rings is 1. The Labute approximate surface area is 179 Å². The van der Waals surface area contributed by atoms with E-state index >= 15 is 0 Å². The van der Waals surface area contributed by atoms with E-state index in [0.29, 0.717) is 30.9 Å². The Bertz CT molecular complexity index is 871. The molecule has 1 N–H and O–H groups in total. The fourth-order valence-electron chi connectivity index (χ4n) is 3.89. The molecule has 1 aliphatic rings. The number of rotatable bonds is 7. The van der Waals surface area contributed by atoms with Crippen molar-refractivity contribution in [2.75, 3.05) is 56.0 Å². The summed E-state index contributed by atoms with van der Waals surface area (Å²) in [6, 6.07) is 15.6. The van der Waals surface area contributed by atoms with Crippen LogP contribution in [0, 0.1) is 6.92 Å². The summed E-state index contributed by atoms with van der Waals surface area (Å²) in [7, 11) is 0. The van der Waals surface area contributed by atoms with Crippen LogP contribution < -0.4 is 10.2 Å². The minimum atomic E-state index is -0.0493. The topological polar surface area (TPSA) is 55.9 Å². The molecule has 2 aromatic rings. The van der Waals surface area contributed by atoms with Gasteiger partial charge in [0.2, 0.25) is 5.91 Å². The lowest BCUT2D eigenvalue weighted by Gasteiger charge is -2.36. The van der Waals surface area contributed by atoms with Crippen molar-refractivity contribution in [3.63, 3.8) is 0 Å². The van der Waals surface area contributed by atoms with E-state index < -0.39 is 0 Å². The first-order chi connectivity index (χ1) is 14.5. The highest BCUT2D eigenvalue weighted by Crippen LogP contribution is 2.21. The molecule has 0 spiro atoms. The minimum Gasteiger partial charge on any atom is -0.369 e. The molecule has 6 heteroatoms. The Hall–Kier alpha value is -2.86. The van der Waals surface area contributed by atoms with Crippen LogP contribution in [0.3, 0.4) is 0 Å². The number of aryl methyl sites for hydroxylation is 1. The lowest BCUT2D eigenvalue weighted by Crippen LogP contribution is -2.48. The highest BCUT2D eigenvalue weighted by atomic mass is 16.2. The van der Waals surface area contributed by atoms with Gasteiger partial charge in [0.25, 0.3) is 5.91 Å². The van der Waals surface area contributed by atoms with Gasteiger partial charge in [-0.3, -0.25) is 14.5 Å². The lowest BCUT2D eigenvalue weighted by atomic mass is 10.1. The quantitative estimate of drug-likeness (QED) is 0.764. The Morgan fingerprint density at radius 1 is 0.967 bits per heavy atom. The van der Waals surface area contributed by atoms with Crippen molar-refractivity contribution in [1.29, 1.82) is 0 Å². The fourth-order valence-corrected chi connectivity index (χ4v) is 3.89. The zero-order valence-corrected chi connectivity index (χ0v) is 18.2. The van der Waals surface area contributed by atoms with Gasteiger partial charge >= 0.3 is 0 Å². The van der Waals surface area contributed by atoms with Crippen molar-refractivity contribution in [2.45, 2.75) is 20.8 Å². The SMILES string of the molecule is CCN(CC)C(=O)c1cccc(NC(=O)CN2CCN(c3ccccc3C)CC2)c1. The third-order valence-corrected chi connectivity index (χ3v) is 5.64. The summed E-state index contributed by atoms with van der Waals surface area (Å²) in [4.78, 5) is 31.4. The van der Waals surface area contributed by atoms with Gasteiger partial charge in [0.15, 0.2) is 0 Å². The Balaban J connectivity index is 1.52. The van der Waals surface area contributed by atoms with Gasteiger partial charge in [-0.15, -0.1) is 0 Å². The van der Waals surface area contributed by atoms with E-state index in [1.807, 2.05) is 26.0 Å². The highest BCUT2D eigenvalue weighted by molar-refractivity contribution is 5.97. The maximum absolute atomic E-state index is 12.6. The number of amides is 2. The van der Waals surface area contributed by atoms with Crippen LogP contribution in [0.15, 0.2) is 48.5 Å². The molecule has 3 rings (SSSR count). The first-order valence-corrected chi connectivity index (χ1v) is 10.7. The van der Waals surface area contributed by atoms with Gasteiger partial charge in [0, 0.05) is 56.2 Å². The maximum atomic E-state index is 12.6. The number of anilines is 2. The average Bonchev–Trinajstić information content (AvgIpc) is 2.75. The number of nitrogens with one attached hydrogen (secondary N) is 1. The van der Waals surface area contributed by atoms with Gasteiger partial charge in [-0.05, 0) is 50.6 Å². The van der Waals surface area contributed by atoms with Crippen LogP contribution >= 0.6 is 0 Å². The monoisotopic (exact) mass is 408 g/mol. The number of para-hydroxylation sites is 1. The molecular formula is C24H32N4O2. The standard InChI is InChI=1S/C24H32N4O2/c1-4-27(5-2)24(30)20-10-8-11-21(17-20)25-23(29)18-26-13-15-28(16-14-26)22-12-7-6-9-19(22)3/h6-12,17H,4-5,13-16,18H2,1-3H3,(H,25,29). The van der Waals surface area contributed by atoms with Crippen molar-refractivity contribution >= 4 is 23.2 Å². The predicted octanol–water partition coefficient (Wildman–Crippen LogP) is 3.24. The van der Waals surface area contributed by atoms with Crippen molar-refractivity contribution in [1.82, 2.24) is 9.80 Å². The second kappa shape index (κ2) is 10.3. The number of benzene rings is 2. The summed E-state index contributed by atoms with van der Waals surface area (Å²) in [6.07, 6.45) is 0. The summed E-state index contributed by atoms with van der Waals surface area (Å²) in [5.41, 5.74) is 3.82. The van der Waals surface area contributed by atoms with Gasteiger partial charge < -0.3 is 15.1 Å². The van der Waals surface area contributed by atoms with Crippen molar-refractivity contribution in [3.8, 4) is 0 Å². The second-order valence-electron chi connectivity index (χ2n) is 7.66. The van der Waals surface area contributed by atoms with E-state index in [-0.39, 0.29) is 11.8 Å². The predicted molar refractivity (Wildman–Crippen MR) is 122 cm³/mol. The molecule has 0 radical (unpaired) electrons. The third-order valence-electron chi connectivity index (χ3n) is 5.64. The van der Waals surface area contributed by atoms with E-state index in [2.05, 4.69) is 46.3 Å². The molecule has 1 saturated heterocycles. The van der Waals surface area contributed by atoms with Crippen molar-refractivity contribution < 1.29 is 9.59 Å². The van der Waals surface area contributed by atoms with Crippen LogP contribution in [-0.4, -0.2) is 67.4 Å². The Kier molecular flexibility index (Phi) is 7.46. The summed E-state index contributed by atoms with van der Waals surface area (Å²) in [5, 5.41) is 2.95. The molecule has 160 valence electrons. The molecule has 30 heavy (non-hydrogen) atoms. The molecule has 1 heterocycles. The number of carbonyl (C=O) groups excluding carboxylic acids is 2. The molecule has 0 atom stereocenters. The number of hydrogen-bond acceptors (Lipinski definition) is 4. The van der Waals surface area contributed by atoms with Crippen molar-refractivity contribution in [2.24, 2.45) is 0 Å². The zero-order valence-electron chi connectivity index (χ0n) is 18.2. The maximum Gasteiger partial charge on any atom is 0.253 e. The number of nitrogens with zero attached hydrogens (tertiary/aromatic N) is 3. The fraction of sp³-hybridized carbons (Fsp3) is 0.417. The van der Waals surface area contributed by atoms with Gasteiger partial charge in [-0.25, -0.2) is 0 Å². The van der Waals surface area contributed by atoms with Crippen LogP contribution in [-0.2, 0) is 4.79 Å². The van der Waals surface area contributed by atoms with Gasteiger partial charge in [-0.2, -0.15) is 0 Å². The summed E-state index contributed by atoms with van der Waals surface area (Å²) < 4.78 is 0. The number of carbonyl (C=O) groups is 2. The van der Waals surface area contributed by atoms with Gasteiger partial charge in [0.05, 0.1) is 6.54 Å². The molecule has 2 aromatic carbocycles. The van der Waals surface area contributed by atoms with E-state index in [9.17, 15) is 9.59 Å². The van der Waals surface area contributed by atoms with Gasteiger partial charge in [0.1, 0.15) is 0 Å². The molecule has 1 aliphatic heterocycles. The first kappa shape index (κ1) is 21.8.